The van der Waals surface area contributed by atoms with Crippen LogP contribution in [0.15, 0.2) is 48.9 Å². The first-order valence-corrected chi connectivity index (χ1v) is 8.63. The van der Waals surface area contributed by atoms with Crippen LogP contribution in [0.2, 0.25) is 0 Å². The van der Waals surface area contributed by atoms with Crippen LogP contribution in [0.25, 0.3) is 10.9 Å². The fourth-order valence-electron chi connectivity index (χ4n) is 3.60. The Bertz CT molecular complexity index is 832. The molecule has 0 saturated carbocycles. The topological polar surface area (TPSA) is 41.9 Å². The highest BCUT2D eigenvalue weighted by atomic mass is 15.1. The number of hydrogen-bond acceptors (Lipinski definition) is 4. The second kappa shape index (κ2) is 6.65. The van der Waals surface area contributed by atoms with Crippen LogP contribution in [-0.4, -0.2) is 32.9 Å². The third kappa shape index (κ3) is 3.15. The highest BCUT2D eigenvalue weighted by Gasteiger charge is 2.22. The van der Waals surface area contributed by atoms with Crippen LogP contribution >= 0.6 is 0 Å². The predicted molar refractivity (Wildman–Crippen MR) is 95.8 cm³/mol. The standard InChI is InChI=1S/C20H22N4/c1-15-12-21-13-20(23-15)16-7-10-24(11-8-16)14-17-6-9-22-19-5-3-2-4-18(17)19/h2-6,9,12-13,16H,7-8,10-11,14H2,1H3. The number of nitrogens with zero attached hydrogens (tertiary/aromatic N) is 4. The molecule has 3 aromatic rings. The van der Waals surface area contributed by atoms with Gasteiger partial charge in [-0.3, -0.25) is 19.9 Å². The van der Waals surface area contributed by atoms with Crippen molar-refractivity contribution >= 4 is 10.9 Å². The largest absolute Gasteiger partial charge is 0.299 e. The minimum atomic E-state index is 0.544. The van der Waals surface area contributed by atoms with Crippen LogP contribution in [0, 0.1) is 6.92 Å². The van der Waals surface area contributed by atoms with Crippen molar-refractivity contribution in [3.63, 3.8) is 0 Å². The van der Waals surface area contributed by atoms with Crippen LogP contribution < -0.4 is 0 Å². The van der Waals surface area contributed by atoms with Crippen molar-refractivity contribution in [3.8, 4) is 0 Å². The predicted octanol–water partition coefficient (Wildman–Crippen LogP) is 3.71. The molecule has 1 saturated heterocycles. The van der Waals surface area contributed by atoms with Crippen molar-refractivity contribution in [3.05, 3.63) is 65.9 Å². The fourth-order valence-corrected chi connectivity index (χ4v) is 3.60. The maximum absolute atomic E-state index is 4.66. The second-order valence-corrected chi connectivity index (χ2v) is 6.62. The molecule has 0 atom stereocenters. The van der Waals surface area contributed by atoms with Gasteiger partial charge in [-0.25, -0.2) is 0 Å². The molecule has 0 radical (unpaired) electrons. The van der Waals surface area contributed by atoms with E-state index in [0.29, 0.717) is 5.92 Å². The lowest BCUT2D eigenvalue weighted by Crippen LogP contribution is -2.32. The minimum absolute atomic E-state index is 0.544. The number of fused-ring (bicyclic) bond motifs is 1. The van der Waals surface area contributed by atoms with E-state index in [1.165, 1.54) is 10.9 Å². The summed E-state index contributed by atoms with van der Waals surface area (Å²) in [6.45, 7) is 5.23. The summed E-state index contributed by atoms with van der Waals surface area (Å²) in [5, 5.41) is 1.27. The molecule has 0 spiro atoms. The SMILES string of the molecule is Cc1cncc(C2CCN(Cc3ccnc4ccccc34)CC2)n1. The molecule has 4 rings (SSSR count). The van der Waals surface area contributed by atoms with Gasteiger partial charge in [-0.2, -0.15) is 0 Å². The summed E-state index contributed by atoms with van der Waals surface area (Å²) < 4.78 is 0. The van der Waals surface area contributed by atoms with Gasteiger partial charge >= 0.3 is 0 Å². The Morgan fingerprint density at radius 1 is 1.08 bits per heavy atom. The molecule has 0 amide bonds. The summed E-state index contributed by atoms with van der Waals surface area (Å²) in [6.07, 6.45) is 7.99. The number of piperidine rings is 1. The summed E-state index contributed by atoms with van der Waals surface area (Å²) in [5.74, 6) is 0.544. The van der Waals surface area contributed by atoms with Gasteiger partial charge in [0, 0.05) is 36.4 Å². The van der Waals surface area contributed by atoms with E-state index >= 15 is 0 Å². The minimum Gasteiger partial charge on any atom is -0.299 e. The molecule has 1 aliphatic heterocycles. The van der Waals surface area contributed by atoms with Crippen LogP contribution in [0.1, 0.15) is 35.7 Å². The van der Waals surface area contributed by atoms with Crippen LogP contribution in [-0.2, 0) is 6.54 Å². The van der Waals surface area contributed by atoms with E-state index in [1.54, 1.807) is 0 Å². The number of hydrogen-bond donors (Lipinski definition) is 0. The normalized spacial score (nSPS) is 16.5. The Morgan fingerprint density at radius 3 is 2.75 bits per heavy atom. The van der Waals surface area contributed by atoms with Crippen LogP contribution in [0.4, 0.5) is 0 Å². The third-order valence-electron chi connectivity index (χ3n) is 4.91. The van der Waals surface area contributed by atoms with E-state index in [-0.39, 0.29) is 0 Å². The Morgan fingerprint density at radius 2 is 1.92 bits per heavy atom. The molecule has 1 aliphatic rings. The summed E-state index contributed by atoms with van der Waals surface area (Å²) >= 11 is 0. The van der Waals surface area contributed by atoms with E-state index in [1.807, 2.05) is 31.6 Å². The number of likely N-dealkylation sites (tertiary alicyclic amines) is 1. The zero-order chi connectivity index (χ0) is 16.4. The molecule has 0 bridgehead atoms. The van der Waals surface area contributed by atoms with Gasteiger partial charge in [0.2, 0.25) is 0 Å². The smallest absolute Gasteiger partial charge is 0.0705 e. The van der Waals surface area contributed by atoms with E-state index in [2.05, 4.69) is 44.1 Å². The number of pyridine rings is 1. The van der Waals surface area contributed by atoms with E-state index < -0.39 is 0 Å². The lowest BCUT2D eigenvalue weighted by Gasteiger charge is -2.31. The lowest BCUT2D eigenvalue weighted by molar-refractivity contribution is 0.203. The third-order valence-corrected chi connectivity index (χ3v) is 4.91. The molecule has 1 aromatic carbocycles. The quantitative estimate of drug-likeness (QED) is 0.738. The molecule has 0 aliphatic carbocycles. The van der Waals surface area contributed by atoms with Gasteiger partial charge in [-0.15, -0.1) is 0 Å². The summed E-state index contributed by atoms with van der Waals surface area (Å²) in [7, 11) is 0. The van der Waals surface area contributed by atoms with Gasteiger partial charge in [0.1, 0.15) is 0 Å². The van der Waals surface area contributed by atoms with Crippen molar-refractivity contribution < 1.29 is 0 Å². The Kier molecular flexibility index (Phi) is 4.22. The highest BCUT2D eigenvalue weighted by molar-refractivity contribution is 5.81. The zero-order valence-electron chi connectivity index (χ0n) is 14.0. The Labute approximate surface area is 142 Å². The molecule has 4 nitrogen and oxygen atoms in total. The Balaban J connectivity index is 1.44. The fraction of sp³-hybridized carbons (Fsp3) is 0.350. The monoisotopic (exact) mass is 318 g/mol. The highest BCUT2D eigenvalue weighted by Crippen LogP contribution is 2.28. The van der Waals surface area contributed by atoms with Gasteiger partial charge in [-0.1, -0.05) is 18.2 Å². The summed E-state index contributed by atoms with van der Waals surface area (Å²) in [6, 6.07) is 10.6. The molecule has 122 valence electrons. The van der Waals surface area contributed by atoms with Crippen molar-refractivity contribution in [2.75, 3.05) is 13.1 Å². The molecule has 0 unspecified atom stereocenters. The molecule has 1 fully saturated rings. The average molecular weight is 318 g/mol. The van der Waals surface area contributed by atoms with E-state index in [9.17, 15) is 0 Å². The van der Waals surface area contributed by atoms with E-state index in [4.69, 9.17) is 0 Å². The molecule has 24 heavy (non-hydrogen) atoms. The molecule has 4 heteroatoms. The van der Waals surface area contributed by atoms with Gasteiger partial charge in [0.15, 0.2) is 0 Å². The van der Waals surface area contributed by atoms with Gasteiger partial charge < -0.3 is 0 Å². The summed E-state index contributed by atoms with van der Waals surface area (Å²) in [5.41, 5.74) is 4.62. The number of para-hydroxylation sites is 1. The molecule has 3 heterocycles. The van der Waals surface area contributed by atoms with Gasteiger partial charge in [-0.05, 0) is 50.6 Å². The number of benzene rings is 1. The van der Waals surface area contributed by atoms with Crippen molar-refractivity contribution in [2.45, 2.75) is 32.2 Å². The molecular weight excluding hydrogens is 296 g/mol. The van der Waals surface area contributed by atoms with Crippen molar-refractivity contribution in [2.24, 2.45) is 0 Å². The number of rotatable bonds is 3. The van der Waals surface area contributed by atoms with Crippen molar-refractivity contribution in [1.29, 1.82) is 0 Å². The molecule has 2 aromatic heterocycles. The number of aromatic nitrogens is 3. The first kappa shape index (κ1) is 15.2. The number of aryl methyl sites for hydroxylation is 1. The zero-order valence-corrected chi connectivity index (χ0v) is 14.0. The maximum Gasteiger partial charge on any atom is 0.0705 e. The van der Waals surface area contributed by atoms with Gasteiger partial charge in [0.25, 0.3) is 0 Å². The first-order valence-electron chi connectivity index (χ1n) is 8.63. The Hall–Kier alpha value is -2.33. The van der Waals surface area contributed by atoms with Crippen LogP contribution in [0.3, 0.4) is 0 Å². The summed E-state index contributed by atoms with van der Waals surface area (Å²) in [4.78, 5) is 16.0. The molecule has 0 N–H and O–H groups in total. The maximum atomic E-state index is 4.66. The molecular formula is C20H22N4. The van der Waals surface area contributed by atoms with E-state index in [0.717, 1.165) is 49.4 Å². The van der Waals surface area contributed by atoms with Crippen LogP contribution in [0.5, 0.6) is 0 Å². The lowest BCUT2D eigenvalue weighted by atomic mass is 9.93. The van der Waals surface area contributed by atoms with Crippen molar-refractivity contribution in [1.82, 2.24) is 19.9 Å². The second-order valence-electron chi connectivity index (χ2n) is 6.62. The van der Waals surface area contributed by atoms with Gasteiger partial charge in [0.05, 0.1) is 16.9 Å². The average Bonchev–Trinajstić information content (AvgIpc) is 2.63. The first-order chi connectivity index (χ1) is 11.8.